The summed E-state index contributed by atoms with van der Waals surface area (Å²) in [6.07, 6.45) is 7.66. The fraction of sp³-hybridized carbons (Fsp3) is 0.312. The number of allylic oxidation sites excluding steroid dienone is 2. The van der Waals surface area contributed by atoms with Gasteiger partial charge in [0.15, 0.2) is 5.78 Å². The summed E-state index contributed by atoms with van der Waals surface area (Å²) in [5, 5.41) is 12.6. The second kappa shape index (κ2) is 11.7. The number of rotatable bonds is 9. The van der Waals surface area contributed by atoms with Gasteiger partial charge in [0.05, 0.1) is 15.4 Å². The summed E-state index contributed by atoms with van der Waals surface area (Å²) in [7, 11) is -3.64. The van der Waals surface area contributed by atoms with Gasteiger partial charge in [-0.05, 0) is 90.3 Å². The zero-order valence-electron chi connectivity index (χ0n) is 24.1. The monoisotopic (exact) mass is 691 g/mol. The van der Waals surface area contributed by atoms with E-state index < -0.39 is 15.6 Å². The van der Waals surface area contributed by atoms with Crippen LogP contribution in [-0.4, -0.2) is 59.0 Å². The van der Waals surface area contributed by atoms with E-state index in [1.54, 1.807) is 53.7 Å². The highest BCUT2D eigenvalue weighted by atomic mass is 79.9. The number of halogens is 1. The second-order valence-corrected chi connectivity index (χ2v) is 16.3. The molecule has 0 radical (unpaired) electrons. The highest BCUT2D eigenvalue weighted by Crippen LogP contribution is 2.53. The molecule has 0 spiro atoms. The number of aromatic nitrogens is 1. The summed E-state index contributed by atoms with van der Waals surface area (Å²) in [5.74, 6) is -0.117. The molecule has 1 aromatic carbocycles. The van der Waals surface area contributed by atoms with Crippen molar-refractivity contribution in [3.8, 4) is 6.07 Å². The molecular weight excluding hydrogens is 662 g/mol. The van der Waals surface area contributed by atoms with Crippen molar-refractivity contribution in [2.24, 2.45) is 11.8 Å². The Labute approximate surface area is 269 Å². The van der Waals surface area contributed by atoms with Crippen molar-refractivity contribution in [2.45, 2.75) is 42.5 Å². The average Bonchev–Trinajstić information content (AvgIpc) is 3.35. The molecule has 226 valence electrons. The van der Waals surface area contributed by atoms with Gasteiger partial charge in [0.25, 0.3) is 15.9 Å². The number of benzene rings is 1. The topological polar surface area (TPSA) is 123 Å². The van der Waals surface area contributed by atoms with Crippen LogP contribution >= 0.6 is 27.3 Å². The van der Waals surface area contributed by atoms with Gasteiger partial charge < -0.3 is 5.32 Å². The van der Waals surface area contributed by atoms with Gasteiger partial charge in [-0.25, -0.2) is 8.42 Å². The van der Waals surface area contributed by atoms with Crippen molar-refractivity contribution in [3.05, 3.63) is 105 Å². The van der Waals surface area contributed by atoms with Gasteiger partial charge in [-0.15, -0.1) is 11.3 Å². The van der Waals surface area contributed by atoms with Crippen LogP contribution in [0, 0.1) is 23.2 Å². The summed E-state index contributed by atoms with van der Waals surface area (Å²) in [4.78, 5) is 33.9. The molecule has 2 saturated heterocycles. The minimum absolute atomic E-state index is 0.0486. The lowest BCUT2D eigenvalue weighted by atomic mass is 9.87. The number of nitriles is 1. The van der Waals surface area contributed by atoms with E-state index in [9.17, 15) is 18.0 Å². The van der Waals surface area contributed by atoms with Crippen LogP contribution in [0.3, 0.4) is 0 Å². The van der Waals surface area contributed by atoms with Gasteiger partial charge in [0.2, 0.25) is 0 Å². The lowest BCUT2D eigenvalue weighted by molar-refractivity contribution is -0.132. The van der Waals surface area contributed by atoms with Crippen LogP contribution in [0.25, 0.3) is 0 Å². The Morgan fingerprint density at radius 3 is 2.41 bits per heavy atom. The van der Waals surface area contributed by atoms with Crippen molar-refractivity contribution >= 4 is 49.0 Å². The van der Waals surface area contributed by atoms with Crippen LogP contribution in [0.1, 0.15) is 41.8 Å². The van der Waals surface area contributed by atoms with E-state index in [0.29, 0.717) is 42.9 Å². The molecule has 9 nitrogen and oxygen atoms in total. The first-order valence-corrected chi connectivity index (χ1v) is 17.2. The number of nitrogens with one attached hydrogen (secondary N) is 1. The lowest BCUT2D eigenvalue weighted by Crippen LogP contribution is -2.49. The molecule has 44 heavy (non-hydrogen) atoms. The quantitative estimate of drug-likeness (QED) is 0.193. The number of carbonyl (C=O) groups excluding carboxylic acids is 2. The molecule has 2 aromatic heterocycles. The molecule has 3 fully saturated rings. The van der Waals surface area contributed by atoms with E-state index in [0.717, 1.165) is 14.9 Å². The molecule has 4 heterocycles. The SMILES string of the molecule is CC(C)=CCC1(Cc2ccncc2)NC(=CC(=O)c2ccc(C#N)cc2)N([C@H]2[C@@H]3CN(S(=O)(=O)c4ccc(Br)s4)C[C@@H]32)C1=O. The Balaban J connectivity index is 1.33. The van der Waals surface area contributed by atoms with Crippen LogP contribution < -0.4 is 5.32 Å². The van der Waals surface area contributed by atoms with Crippen molar-refractivity contribution in [1.82, 2.24) is 19.5 Å². The summed E-state index contributed by atoms with van der Waals surface area (Å²) < 4.78 is 29.2. The predicted molar refractivity (Wildman–Crippen MR) is 170 cm³/mol. The number of piperidine rings is 1. The van der Waals surface area contributed by atoms with Gasteiger partial charge in [0.1, 0.15) is 15.6 Å². The normalized spacial score (nSPS) is 25.4. The summed E-state index contributed by atoms with van der Waals surface area (Å²) in [6.45, 7) is 4.57. The van der Waals surface area contributed by atoms with Gasteiger partial charge >= 0.3 is 0 Å². The van der Waals surface area contributed by atoms with Crippen molar-refractivity contribution in [1.29, 1.82) is 5.26 Å². The molecule has 4 atom stereocenters. The Kier molecular flexibility index (Phi) is 8.09. The van der Waals surface area contributed by atoms with Gasteiger partial charge in [-0.2, -0.15) is 9.57 Å². The zero-order valence-corrected chi connectivity index (χ0v) is 27.3. The maximum absolute atomic E-state index is 14.6. The van der Waals surface area contributed by atoms with E-state index in [2.05, 4.69) is 32.3 Å². The largest absolute Gasteiger partial charge is 0.357 e. The highest BCUT2D eigenvalue weighted by molar-refractivity contribution is 9.11. The minimum atomic E-state index is -3.64. The molecule has 1 unspecified atom stereocenters. The van der Waals surface area contributed by atoms with Gasteiger partial charge in [-0.3, -0.25) is 19.5 Å². The predicted octanol–water partition coefficient (Wildman–Crippen LogP) is 4.89. The summed E-state index contributed by atoms with van der Waals surface area (Å²) in [6, 6.07) is 15.3. The van der Waals surface area contributed by atoms with Gasteiger partial charge in [0, 0.05) is 61.4 Å². The van der Waals surface area contributed by atoms with Crippen molar-refractivity contribution < 1.29 is 18.0 Å². The molecule has 6 rings (SSSR count). The van der Waals surface area contributed by atoms with Gasteiger partial charge in [-0.1, -0.05) is 11.6 Å². The first-order chi connectivity index (χ1) is 21.0. The number of sulfonamides is 1. The number of pyridine rings is 1. The number of nitrogens with zero attached hydrogens (tertiary/aromatic N) is 4. The fourth-order valence-corrected chi connectivity index (χ4v) is 9.85. The fourth-order valence-electron chi connectivity index (χ4n) is 6.17. The van der Waals surface area contributed by atoms with E-state index in [4.69, 9.17) is 5.26 Å². The summed E-state index contributed by atoms with van der Waals surface area (Å²) >= 11 is 4.53. The third-order valence-corrected chi connectivity index (χ3v) is 12.4. The number of carbonyl (C=O) groups is 2. The van der Waals surface area contributed by atoms with Crippen LogP contribution in [0.15, 0.2) is 92.5 Å². The summed E-state index contributed by atoms with van der Waals surface area (Å²) in [5.41, 5.74) is 1.80. The van der Waals surface area contributed by atoms with E-state index >= 15 is 0 Å². The maximum atomic E-state index is 14.6. The maximum Gasteiger partial charge on any atom is 0.254 e. The Morgan fingerprint density at radius 2 is 1.82 bits per heavy atom. The minimum Gasteiger partial charge on any atom is -0.357 e. The van der Waals surface area contributed by atoms with Crippen molar-refractivity contribution in [3.63, 3.8) is 0 Å². The molecule has 1 N–H and O–H groups in total. The molecule has 1 aliphatic carbocycles. The average molecular weight is 693 g/mol. The zero-order chi connectivity index (χ0) is 31.2. The lowest BCUT2D eigenvalue weighted by Gasteiger charge is -2.27. The Hall–Kier alpha value is -3.63. The number of thiophene rings is 1. The Bertz CT molecular complexity index is 1820. The molecular formula is C32H30BrN5O4S2. The van der Waals surface area contributed by atoms with E-state index in [-0.39, 0.29) is 33.8 Å². The van der Waals surface area contributed by atoms with E-state index in [1.165, 1.54) is 21.7 Å². The Morgan fingerprint density at radius 1 is 1.14 bits per heavy atom. The number of fused-ring (bicyclic) bond motifs is 1. The van der Waals surface area contributed by atoms with E-state index in [1.807, 2.05) is 32.1 Å². The molecule has 0 bridgehead atoms. The first kappa shape index (κ1) is 30.4. The van der Waals surface area contributed by atoms with Crippen molar-refractivity contribution in [2.75, 3.05) is 13.1 Å². The molecule has 12 heteroatoms. The first-order valence-electron chi connectivity index (χ1n) is 14.2. The number of amides is 1. The van der Waals surface area contributed by atoms with Crippen LogP contribution in [-0.2, 0) is 21.2 Å². The number of ketones is 1. The van der Waals surface area contributed by atoms with Crippen LogP contribution in [0.4, 0.5) is 0 Å². The second-order valence-electron chi connectivity index (χ2n) is 11.7. The van der Waals surface area contributed by atoms with Crippen LogP contribution in [0.2, 0.25) is 0 Å². The number of hydrogen-bond acceptors (Lipinski definition) is 8. The molecule has 1 amide bonds. The third-order valence-electron chi connectivity index (χ3n) is 8.49. The molecule has 1 saturated carbocycles. The smallest absolute Gasteiger partial charge is 0.254 e. The molecule has 3 aromatic rings. The molecule has 3 aliphatic rings. The third kappa shape index (κ3) is 5.65. The standard InChI is InChI=1S/C32H30BrN5O4S2/c1-20(2)9-12-32(16-21-10-13-35-14-11-21)31(40)38(28(36-32)15-26(39)23-5-3-22(17-34)4-6-23)30-24-18-37(19-25(24)30)44(41,42)29-8-7-27(33)43-29/h3-11,13-15,24-25,30,36H,12,16,18-19H2,1-2H3/t24-,25+,30+,32?. The number of hydrogen-bond donors (Lipinski definition) is 1. The highest BCUT2D eigenvalue weighted by Gasteiger charge is 2.65. The molecule has 2 aliphatic heterocycles. The van der Waals surface area contributed by atoms with Crippen LogP contribution in [0.5, 0.6) is 0 Å².